The quantitative estimate of drug-likeness (QED) is 0.892. The van der Waals surface area contributed by atoms with Crippen molar-refractivity contribution in [3.05, 3.63) is 29.8 Å². The second-order valence-electron chi connectivity index (χ2n) is 5.88. The second kappa shape index (κ2) is 5.80. The highest BCUT2D eigenvalue weighted by molar-refractivity contribution is 8.00. The van der Waals surface area contributed by atoms with Gasteiger partial charge in [0.25, 0.3) is 0 Å². The Hall–Kier alpha value is -0.610. The lowest BCUT2D eigenvalue weighted by Gasteiger charge is -2.43. The molecule has 1 aliphatic rings. The number of benzene rings is 1. The van der Waals surface area contributed by atoms with Gasteiger partial charge in [-0.05, 0) is 43.5 Å². The van der Waals surface area contributed by atoms with Crippen LogP contribution in [0.25, 0.3) is 0 Å². The van der Waals surface area contributed by atoms with Crippen molar-refractivity contribution in [2.45, 2.75) is 49.3 Å². The maximum Gasteiger partial charge on any atom is 0.159 e. The Kier molecular flexibility index (Phi) is 4.51. The molecule has 0 heterocycles. The zero-order chi connectivity index (χ0) is 14.0. The largest absolute Gasteiger partial charge is 0.315 e. The Labute approximate surface area is 118 Å². The highest BCUT2D eigenvalue weighted by atomic mass is 32.2. The summed E-state index contributed by atoms with van der Waals surface area (Å²) in [5, 5.41) is 3.80. The van der Waals surface area contributed by atoms with Crippen LogP contribution >= 0.6 is 11.8 Å². The molecule has 2 atom stereocenters. The molecule has 1 fully saturated rings. The third kappa shape index (κ3) is 3.29. The van der Waals surface area contributed by atoms with E-state index in [-0.39, 0.29) is 5.41 Å². The molecule has 0 radical (unpaired) electrons. The van der Waals surface area contributed by atoms with Crippen molar-refractivity contribution in [3.8, 4) is 0 Å². The first kappa shape index (κ1) is 14.8. The Morgan fingerprint density at radius 3 is 2.63 bits per heavy atom. The van der Waals surface area contributed by atoms with E-state index >= 15 is 0 Å². The highest BCUT2D eigenvalue weighted by Gasteiger charge is 2.38. The van der Waals surface area contributed by atoms with Crippen molar-refractivity contribution in [3.63, 3.8) is 0 Å². The minimum atomic E-state index is -0.779. The van der Waals surface area contributed by atoms with Crippen LogP contribution in [0.2, 0.25) is 0 Å². The summed E-state index contributed by atoms with van der Waals surface area (Å²) in [7, 11) is 1.98. The van der Waals surface area contributed by atoms with Crippen molar-refractivity contribution in [2.75, 3.05) is 7.05 Å². The Bertz CT molecular complexity index is 448. The molecule has 0 aromatic heterocycles. The summed E-state index contributed by atoms with van der Waals surface area (Å²) >= 11 is 1.65. The zero-order valence-electron chi connectivity index (χ0n) is 11.7. The van der Waals surface area contributed by atoms with Gasteiger partial charge in [-0.3, -0.25) is 0 Å². The first-order valence-corrected chi connectivity index (χ1v) is 7.61. The van der Waals surface area contributed by atoms with Gasteiger partial charge in [-0.25, -0.2) is 8.78 Å². The topological polar surface area (TPSA) is 12.0 Å². The smallest absolute Gasteiger partial charge is 0.159 e. The average Bonchev–Trinajstić information content (AvgIpc) is 2.33. The molecule has 4 heteroatoms. The molecular weight excluding hydrogens is 264 g/mol. The number of nitrogens with one attached hydrogen (secondary N) is 1. The lowest BCUT2D eigenvalue weighted by molar-refractivity contribution is 0.182. The molecule has 1 aromatic rings. The summed E-state index contributed by atoms with van der Waals surface area (Å²) in [5.74, 6) is -1.54. The van der Waals surface area contributed by atoms with Gasteiger partial charge < -0.3 is 5.32 Å². The van der Waals surface area contributed by atoms with Gasteiger partial charge in [-0.1, -0.05) is 20.3 Å². The van der Waals surface area contributed by atoms with Crippen LogP contribution in [0.5, 0.6) is 0 Å². The molecule has 1 aromatic carbocycles. The summed E-state index contributed by atoms with van der Waals surface area (Å²) in [6.07, 6.45) is 3.50. The number of hydrogen-bond donors (Lipinski definition) is 1. The van der Waals surface area contributed by atoms with Gasteiger partial charge in [0.1, 0.15) is 0 Å². The maximum absolute atomic E-state index is 13.3. The van der Waals surface area contributed by atoms with Crippen molar-refractivity contribution in [1.82, 2.24) is 5.32 Å². The molecule has 1 N–H and O–H groups in total. The molecular formula is C15H21F2NS. The second-order valence-corrected chi connectivity index (χ2v) is 7.19. The Morgan fingerprint density at radius 2 is 2.00 bits per heavy atom. The minimum absolute atomic E-state index is 0.239. The van der Waals surface area contributed by atoms with E-state index in [9.17, 15) is 8.78 Å². The van der Waals surface area contributed by atoms with Crippen LogP contribution in [-0.4, -0.2) is 18.3 Å². The number of rotatable bonds is 3. The molecule has 0 spiro atoms. The summed E-state index contributed by atoms with van der Waals surface area (Å²) in [4.78, 5) is 0.807. The van der Waals surface area contributed by atoms with Crippen molar-refractivity contribution >= 4 is 11.8 Å². The molecule has 0 saturated heterocycles. The predicted octanol–water partition coefficient (Wildman–Crippen LogP) is 4.22. The maximum atomic E-state index is 13.3. The minimum Gasteiger partial charge on any atom is -0.315 e. The normalized spacial score (nSPS) is 26.4. The molecule has 1 nitrogen and oxygen atoms in total. The average molecular weight is 285 g/mol. The molecule has 106 valence electrons. The van der Waals surface area contributed by atoms with E-state index in [4.69, 9.17) is 0 Å². The molecule has 0 aliphatic heterocycles. The van der Waals surface area contributed by atoms with Crippen LogP contribution < -0.4 is 5.32 Å². The Balaban J connectivity index is 2.14. The SMILES string of the molecule is CNC1C(Sc2ccc(F)c(F)c2)CCCC1(C)C. The first-order chi connectivity index (χ1) is 8.94. The predicted molar refractivity (Wildman–Crippen MR) is 76.5 cm³/mol. The molecule has 19 heavy (non-hydrogen) atoms. The van der Waals surface area contributed by atoms with E-state index in [0.29, 0.717) is 11.3 Å². The molecule has 1 saturated carbocycles. The van der Waals surface area contributed by atoms with Gasteiger partial charge in [-0.15, -0.1) is 11.8 Å². The van der Waals surface area contributed by atoms with Crippen LogP contribution in [0.3, 0.4) is 0 Å². The van der Waals surface area contributed by atoms with E-state index in [1.807, 2.05) is 7.05 Å². The lowest BCUT2D eigenvalue weighted by atomic mass is 9.73. The molecule has 0 amide bonds. The molecule has 2 rings (SSSR count). The van der Waals surface area contributed by atoms with Crippen molar-refractivity contribution in [1.29, 1.82) is 0 Å². The van der Waals surface area contributed by atoms with Crippen LogP contribution in [0, 0.1) is 17.0 Å². The van der Waals surface area contributed by atoms with E-state index < -0.39 is 11.6 Å². The fourth-order valence-electron chi connectivity index (χ4n) is 3.01. The number of thioether (sulfide) groups is 1. The Morgan fingerprint density at radius 1 is 1.26 bits per heavy atom. The van der Waals surface area contributed by atoms with Crippen molar-refractivity contribution in [2.24, 2.45) is 5.41 Å². The molecule has 1 aliphatic carbocycles. The molecule has 2 unspecified atom stereocenters. The van der Waals surface area contributed by atoms with E-state index in [2.05, 4.69) is 19.2 Å². The number of halogens is 2. The van der Waals surface area contributed by atoms with E-state index in [1.165, 1.54) is 25.0 Å². The van der Waals surface area contributed by atoms with Gasteiger partial charge in [0.15, 0.2) is 11.6 Å². The van der Waals surface area contributed by atoms with E-state index in [1.54, 1.807) is 17.8 Å². The van der Waals surface area contributed by atoms with Gasteiger partial charge in [0, 0.05) is 16.2 Å². The highest BCUT2D eigenvalue weighted by Crippen LogP contribution is 2.42. The van der Waals surface area contributed by atoms with Crippen LogP contribution in [-0.2, 0) is 0 Å². The summed E-state index contributed by atoms with van der Waals surface area (Å²) in [6, 6.07) is 4.56. The molecule has 0 bridgehead atoms. The monoisotopic (exact) mass is 285 g/mol. The lowest BCUT2D eigenvalue weighted by Crippen LogP contribution is -2.49. The zero-order valence-corrected chi connectivity index (χ0v) is 12.5. The fraction of sp³-hybridized carbons (Fsp3) is 0.600. The van der Waals surface area contributed by atoms with Crippen molar-refractivity contribution < 1.29 is 8.78 Å². The van der Waals surface area contributed by atoms with E-state index in [0.717, 1.165) is 11.3 Å². The third-order valence-electron chi connectivity index (χ3n) is 4.01. The first-order valence-electron chi connectivity index (χ1n) is 6.73. The van der Waals surface area contributed by atoms with Gasteiger partial charge in [0.05, 0.1) is 0 Å². The van der Waals surface area contributed by atoms with Crippen LogP contribution in [0.15, 0.2) is 23.1 Å². The number of hydrogen-bond acceptors (Lipinski definition) is 2. The summed E-state index contributed by atoms with van der Waals surface area (Å²) in [5.41, 5.74) is 0.239. The van der Waals surface area contributed by atoms with Gasteiger partial charge >= 0.3 is 0 Å². The fourth-order valence-corrected chi connectivity index (χ4v) is 4.61. The van der Waals surface area contributed by atoms with Gasteiger partial charge in [0.2, 0.25) is 0 Å². The van der Waals surface area contributed by atoms with Crippen LogP contribution in [0.4, 0.5) is 8.78 Å². The third-order valence-corrected chi connectivity index (χ3v) is 5.35. The van der Waals surface area contributed by atoms with Gasteiger partial charge in [-0.2, -0.15) is 0 Å². The summed E-state index contributed by atoms with van der Waals surface area (Å²) in [6.45, 7) is 4.54. The standard InChI is InChI=1S/C15H21F2NS/c1-15(2)8-4-5-13(14(15)18-3)19-10-6-7-11(16)12(17)9-10/h6-7,9,13-14,18H,4-5,8H2,1-3H3. The van der Waals surface area contributed by atoms with Crippen LogP contribution in [0.1, 0.15) is 33.1 Å². The summed E-state index contributed by atoms with van der Waals surface area (Å²) < 4.78 is 26.2.